The van der Waals surface area contributed by atoms with Crippen LogP contribution in [-0.2, 0) is 25.5 Å². The van der Waals surface area contributed by atoms with Gasteiger partial charge in [-0.15, -0.1) is 0 Å². The summed E-state index contributed by atoms with van der Waals surface area (Å²) in [5.74, 6) is -2.30. The zero-order chi connectivity index (χ0) is 31.9. The highest BCUT2D eigenvalue weighted by Gasteiger charge is 2.78. The Kier molecular flexibility index (Phi) is 8.37. The predicted molar refractivity (Wildman–Crippen MR) is 171 cm³/mol. The van der Waals surface area contributed by atoms with E-state index in [1.165, 1.54) is 4.90 Å². The Morgan fingerprint density at radius 1 is 1.04 bits per heavy atom. The fraction of sp³-hybridized carbons (Fsp3) is 0.400. The molecule has 0 aromatic heterocycles. The van der Waals surface area contributed by atoms with E-state index in [0.29, 0.717) is 48.0 Å². The smallest absolute Gasteiger partial charge is 0.250 e. The monoisotopic (exact) mass is 631 g/mol. The van der Waals surface area contributed by atoms with E-state index in [2.05, 4.69) is 10.6 Å². The zero-order valence-corrected chi connectivity index (χ0v) is 26.3. The van der Waals surface area contributed by atoms with Gasteiger partial charge in [0.25, 0.3) is 0 Å². The van der Waals surface area contributed by atoms with Crippen LogP contribution in [0.4, 0.5) is 11.4 Å². The molecule has 3 heterocycles. The van der Waals surface area contributed by atoms with Crippen molar-refractivity contribution >= 4 is 40.7 Å². The van der Waals surface area contributed by atoms with Crippen molar-refractivity contribution in [2.75, 3.05) is 23.8 Å². The van der Waals surface area contributed by atoms with E-state index in [-0.39, 0.29) is 18.4 Å². The third kappa shape index (κ3) is 5.37. The summed E-state index contributed by atoms with van der Waals surface area (Å²) < 4.78 is 12.3. The van der Waals surface area contributed by atoms with Crippen LogP contribution in [0.3, 0.4) is 0 Å². The molecular weight excluding hydrogens is 594 g/mol. The molecule has 0 radical (unpaired) electrons. The van der Waals surface area contributed by atoms with E-state index in [0.717, 1.165) is 11.1 Å². The van der Waals surface area contributed by atoms with Gasteiger partial charge in [0, 0.05) is 5.69 Å². The van der Waals surface area contributed by atoms with Gasteiger partial charge in [0.05, 0.1) is 47.4 Å². The number of nitrogens with zero attached hydrogens (tertiary/aromatic N) is 1. The lowest BCUT2D eigenvalue weighted by molar-refractivity contribution is -0.146. The van der Waals surface area contributed by atoms with Gasteiger partial charge in [0.1, 0.15) is 17.4 Å². The molecule has 6 rings (SSSR count). The number of ether oxygens (including phenoxy) is 2. The maximum absolute atomic E-state index is 14.6. The van der Waals surface area contributed by atoms with Gasteiger partial charge in [-0.25, -0.2) is 0 Å². The minimum Gasteiger partial charge on any atom is -0.494 e. The third-order valence-corrected chi connectivity index (χ3v) is 9.88. The fourth-order valence-electron chi connectivity index (χ4n) is 7.60. The Morgan fingerprint density at radius 3 is 2.44 bits per heavy atom. The first-order valence-electron chi connectivity index (χ1n) is 15.4. The van der Waals surface area contributed by atoms with Crippen molar-refractivity contribution in [1.29, 1.82) is 0 Å². The summed E-state index contributed by atoms with van der Waals surface area (Å²) in [5, 5.41) is 17.0. The largest absolute Gasteiger partial charge is 0.494 e. The summed E-state index contributed by atoms with van der Waals surface area (Å²) in [4.78, 5) is 44.5. The molecule has 3 aliphatic rings. The third-order valence-electron chi connectivity index (χ3n) is 9.57. The summed E-state index contributed by atoms with van der Waals surface area (Å²) in [5.41, 5.74) is 0.447. The summed E-state index contributed by atoms with van der Waals surface area (Å²) in [6, 6.07) is 20.1. The predicted octanol–water partition coefficient (Wildman–Crippen LogP) is 4.99. The van der Waals surface area contributed by atoms with Gasteiger partial charge in [0.2, 0.25) is 17.7 Å². The molecule has 6 atom stereocenters. The topological polar surface area (TPSA) is 117 Å². The second-order valence-corrected chi connectivity index (χ2v) is 12.8. The summed E-state index contributed by atoms with van der Waals surface area (Å²) in [6.07, 6.45) is 1.22. The van der Waals surface area contributed by atoms with Gasteiger partial charge in [-0.05, 0) is 81.5 Å². The first-order chi connectivity index (χ1) is 21.6. The Labute approximate surface area is 267 Å². The Balaban J connectivity index is 1.38. The molecule has 3 amide bonds. The molecule has 9 nitrogen and oxygen atoms in total. The van der Waals surface area contributed by atoms with E-state index in [9.17, 15) is 19.5 Å². The van der Waals surface area contributed by atoms with E-state index < -0.39 is 41.0 Å². The number of nitrogens with one attached hydrogen (secondary N) is 2. The first-order valence-corrected chi connectivity index (χ1v) is 15.8. The highest BCUT2D eigenvalue weighted by molar-refractivity contribution is 6.34. The molecule has 3 aliphatic heterocycles. The van der Waals surface area contributed by atoms with Crippen molar-refractivity contribution in [3.05, 3.63) is 88.9 Å². The van der Waals surface area contributed by atoms with Gasteiger partial charge < -0.3 is 30.1 Å². The zero-order valence-electron chi connectivity index (χ0n) is 25.6. The standard InChI is InChI=1S/C35H38ClN3O6/c1-4-44-25-15-13-23(14-16-25)37-31(41)27-28-33(43)39(24(20-40)19-22-10-6-5-7-11-22)30(35(28)18-17-34(27,3)45-35)32(42)38-29-21(2)9-8-12-26(29)36/h5-16,24,27-28,30,40H,4,17-20H2,1-3H3,(H,37,41)(H,38,42)/t24-,27-,28+,30?,34+,35?/m1/s1. The number of para-hydroxylation sites is 1. The Hall–Kier alpha value is -3.92. The Bertz CT molecular complexity index is 1580. The van der Waals surface area contributed by atoms with Gasteiger partial charge in [-0.2, -0.15) is 0 Å². The van der Waals surface area contributed by atoms with Crippen molar-refractivity contribution in [2.45, 2.75) is 63.3 Å². The maximum Gasteiger partial charge on any atom is 0.250 e. The number of fused-ring (bicyclic) bond motifs is 1. The van der Waals surface area contributed by atoms with Crippen LogP contribution in [0.5, 0.6) is 5.75 Å². The number of likely N-dealkylation sites (tertiary alicyclic amines) is 1. The SMILES string of the molecule is CCOc1ccc(NC(=O)[C@H]2[C@H]3C(=O)N([C@@H](CO)Cc4ccccc4)C(C(=O)Nc4c(C)cccc4Cl)C34CC[C@]2(C)O4)cc1. The quantitative estimate of drug-likeness (QED) is 0.290. The molecule has 3 N–H and O–H groups in total. The minimum absolute atomic E-state index is 0.321. The average Bonchev–Trinajstić information content (AvgIpc) is 3.60. The molecule has 0 aliphatic carbocycles. The van der Waals surface area contributed by atoms with Crippen LogP contribution >= 0.6 is 11.6 Å². The van der Waals surface area contributed by atoms with Gasteiger partial charge >= 0.3 is 0 Å². The second-order valence-electron chi connectivity index (χ2n) is 12.4. The van der Waals surface area contributed by atoms with Crippen LogP contribution in [0.25, 0.3) is 0 Å². The molecule has 3 aromatic rings. The van der Waals surface area contributed by atoms with Crippen LogP contribution in [0, 0.1) is 18.8 Å². The molecule has 1 spiro atoms. The van der Waals surface area contributed by atoms with Crippen molar-refractivity contribution in [3.8, 4) is 5.75 Å². The fourth-order valence-corrected chi connectivity index (χ4v) is 7.87. The van der Waals surface area contributed by atoms with E-state index in [1.54, 1.807) is 36.4 Å². The highest BCUT2D eigenvalue weighted by atomic mass is 35.5. The molecule has 2 unspecified atom stereocenters. The number of amides is 3. The molecular formula is C35H38ClN3O6. The molecule has 236 valence electrons. The molecule has 45 heavy (non-hydrogen) atoms. The number of aryl methyl sites for hydroxylation is 1. The molecule has 2 bridgehead atoms. The van der Waals surface area contributed by atoms with E-state index in [4.69, 9.17) is 21.1 Å². The number of aliphatic hydroxyl groups is 1. The lowest BCUT2D eigenvalue weighted by Gasteiger charge is -2.37. The van der Waals surface area contributed by atoms with Crippen molar-refractivity contribution in [3.63, 3.8) is 0 Å². The number of benzene rings is 3. The number of hydrogen-bond donors (Lipinski definition) is 3. The second kappa shape index (κ2) is 12.1. The maximum atomic E-state index is 14.6. The number of anilines is 2. The van der Waals surface area contributed by atoms with Crippen molar-refractivity contribution < 1.29 is 29.0 Å². The van der Waals surface area contributed by atoms with E-state index >= 15 is 0 Å². The first kappa shape index (κ1) is 31.1. The molecule has 3 saturated heterocycles. The number of halogens is 1. The highest BCUT2D eigenvalue weighted by Crippen LogP contribution is 2.63. The van der Waals surface area contributed by atoms with Gasteiger partial charge in [-0.3, -0.25) is 14.4 Å². The number of aliphatic hydroxyl groups excluding tert-OH is 1. The van der Waals surface area contributed by atoms with Crippen LogP contribution < -0.4 is 15.4 Å². The van der Waals surface area contributed by atoms with Crippen LogP contribution in [0.2, 0.25) is 5.02 Å². The number of rotatable bonds is 10. The number of carbonyl (C=O) groups excluding carboxylic acids is 3. The number of carbonyl (C=O) groups is 3. The van der Waals surface area contributed by atoms with Crippen LogP contribution in [0.15, 0.2) is 72.8 Å². The lowest BCUT2D eigenvalue weighted by atomic mass is 9.66. The minimum atomic E-state index is -1.27. The summed E-state index contributed by atoms with van der Waals surface area (Å²) in [6.45, 7) is 5.73. The van der Waals surface area contributed by atoms with Crippen molar-refractivity contribution in [2.24, 2.45) is 11.8 Å². The van der Waals surface area contributed by atoms with Gasteiger partial charge in [-0.1, -0.05) is 54.1 Å². The molecule has 0 saturated carbocycles. The van der Waals surface area contributed by atoms with Crippen LogP contribution in [0.1, 0.15) is 37.8 Å². The van der Waals surface area contributed by atoms with Gasteiger partial charge in [0.15, 0.2) is 0 Å². The van der Waals surface area contributed by atoms with Crippen LogP contribution in [-0.4, -0.2) is 64.2 Å². The summed E-state index contributed by atoms with van der Waals surface area (Å²) in [7, 11) is 0. The normalized spacial score (nSPS) is 27.3. The summed E-state index contributed by atoms with van der Waals surface area (Å²) >= 11 is 6.49. The lowest BCUT2D eigenvalue weighted by Crippen LogP contribution is -2.57. The molecule has 3 fully saturated rings. The number of hydrogen-bond acceptors (Lipinski definition) is 6. The molecule has 10 heteroatoms. The van der Waals surface area contributed by atoms with E-state index in [1.807, 2.05) is 57.2 Å². The average molecular weight is 632 g/mol. The van der Waals surface area contributed by atoms with Crippen molar-refractivity contribution in [1.82, 2.24) is 4.90 Å². The Morgan fingerprint density at radius 2 is 1.78 bits per heavy atom. The molecule has 3 aromatic carbocycles.